The minimum atomic E-state index is 0.0820. The van der Waals surface area contributed by atoms with Crippen molar-refractivity contribution in [1.82, 2.24) is 4.98 Å². The number of thiophene rings is 1. The Morgan fingerprint density at radius 1 is 1.27 bits per heavy atom. The molecule has 0 amide bonds. The van der Waals surface area contributed by atoms with Crippen molar-refractivity contribution in [3.8, 4) is 0 Å². The van der Waals surface area contributed by atoms with Crippen molar-refractivity contribution in [2.45, 2.75) is 13.8 Å². The molecule has 0 saturated heterocycles. The van der Waals surface area contributed by atoms with Crippen LogP contribution in [0.2, 0.25) is 0 Å². The summed E-state index contributed by atoms with van der Waals surface area (Å²) in [5.74, 6) is 0.0820. The molecule has 0 bridgehead atoms. The summed E-state index contributed by atoms with van der Waals surface area (Å²) < 4.78 is 0. The molecule has 3 heteroatoms. The molecule has 0 spiro atoms. The van der Waals surface area contributed by atoms with Crippen molar-refractivity contribution in [3.05, 3.63) is 51.5 Å². The van der Waals surface area contributed by atoms with Gasteiger partial charge in [-0.05, 0) is 37.4 Å². The molecule has 2 aromatic heterocycles. The smallest absolute Gasteiger partial charge is 0.203 e. The zero-order valence-electron chi connectivity index (χ0n) is 8.65. The summed E-state index contributed by atoms with van der Waals surface area (Å²) in [4.78, 5) is 17.0. The van der Waals surface area contributed by atoms with Crippen LogP contribution in [-0.2, 0) is 0 Å². The van der Waals surface area contributed by atoms with E-state index in [4.69, 9.17) is 0 Å². The van der Waals surface area contributed by atoms with Gasteiger partial charge in [0.1, 0.15) is 0 Å². The molecule has 0 aromatic carbocycles. The second-order valence-corrected chi connectivity index (χ2v) is 4.39. The van der Waals surface area contributed by atoms with Crippen LogP contribution in [0.5, 0.6) is 0 Å². The van der Waals surface area contributed by atoms with Crippen molar-refractivity contribution in [2.75, 3.05) is 0 Å². The highest BCUT2D eigenvalue weighted by Gasteiger charge is 2.10. The van der Waals surface area contributed by atoms with Gasteiger partial charge in [0.15, 0.2) is 0 Å². The first-order valence-corrected chi connectivity index (χ1v) is 5.58. The summed E-state index contributed by atoms with van der Waals surface area (Å²) in [5, 5.41) is 1.91. The Balaban J connectivity index is 2.42. The fourth-order valence-electron chi connectivity index (χ4n) is 1.52. The van der Waals surface area contributed by atoms with Crippen LogP contribution in [0.4, 0.5) is 0 Å². The largest absolute Gasteiger partial charge is 0.288 e. The van der Waals surface area contributed by atoms with Gasteiger partial charge in [0.25, 0.3) is 0 Å². The topological polar surface area (TPSA) is 30.0 Å². The van der Waals surface area contributed by atoms with E-state index in [9.17, 15) is 4.79 Å². The number of carbonyl (C=O) groups is 1. The van der Waals surface area contributed by atoms with E-state index < -0.39 is 0 Å². The van der Waals surface area contributed by atoms with Crippen LogP contribution < -0.4 is 0 Å². The Bertz CT molecular complexity index is 468. The molecule has 2 nitrogen and oxygen atoms in total. The second kappa shape index (κ2) is 3.95. The molecule has 15 heavy (non-hydrogen) atoms. The average molecular weight is 217 g/mol. The molecule has 0 aliphatic heterocycles. The van der Waals surface area contributed by atoms with Gasteiger partial charge in [-0.15, -0.1) is 11.3 Å². The lowest BCUT2D eigenvalue weighted by atomic mass is 10.1. The lowest BCUT2D eigenvalue weighted by Gasteiger charge is -2.01. The highest BCUT2D eigenvalue weighted by atomic mass is 32.1. The van der Waals surface area contributed by atoms with Gasteiger partial charge >= 0.3 is 0 Å². The molecular formula is C12H11NOS. The Hall–Kier alpha value is -1.48. The summed E-state index contributed by atoms with van der Waals surface area (Å²) in [6.45, 7) is 3.80. The summed E-state index contributed by atoms with van der Waals surface area (Å²) >= 11 is 1.47. The predicted octanol–water partition coefficient (Wildman–Crippen LogP) is 2.99. The predicted molar refractivity (Wildman–Crippen MR) is 61.5 cm³/mol. The molecule has 0 aliphatic carbocycles. The van der Waals surface area contributed by atoms with E-state index in [2.05, 4.69) is 4.98 Å². The van der Waals surface area contributed by atoms with Crippen LogP contribution in [0.3, 0.4) is 0 Å². The molecule has 0 radical (unpaired) electrons. The number of pyridine rings is 1. The minimum absolute atomic E-state index is 0.0820. The third kappa shape index (κ3) is 2.13. The molecule has 2 aromatic rings. The number of aryl methyl sites for hydroxylation is 2. The Morgan fingerprint density at radius 2 is 1.93 bits per heavy atom. The van der Waals surface area contributed by atoms with E-state index in [1.54, 1.807) is 0 Å². The SMILES string of the molecule is Cc1cc(C(=O)c2cccs2)cc(C)n1. The summed E-state index contributed by atoms with van der Waals surface area (Å²) in [5.41, 5.74) is 2.49. The van der Waals surface area contributed by atoms with Crippen molar-refractivity contribution in [2.24, 2.45) is 0 Å². The standard InChI is InChI=1S/C12H11NOS/c1-8-6-10(7-9(2)13-8)12(14)11-4-3-5-15-11/h3-7H,1-2H3. The first kappa shape index (κ1) is 10.1. The molecule has 0 atom stereocenters. The lowest BCUT2D eigenvalue weighted by molar-refractivity contribution is 0.104. The lowest BCUT2D eigenvalue weighted by Crippen LogP contribution is -2.01. The monoisotopic (exact) mass is 217 g/mol. The van der Waals surface area contributed by atoms with E-state index in [0.717, 1.165) is 21.8 Å². The number of ketones is 1. The molecule has 0 fully saturated rings. The van der Waals surface area contributed by atoms with Gasteiger partial charge < -0.3 is 0 Å². The van der Waals surface area contributed by atoms with Gasteiger partial charge in [-0.1, -0.05) is 6.07 Å². The van der Waals surface area contributed by atoms with Crippen molar-refractivity contribution >= 4 is 17.1 Å². The number of hydrogen-bond acceptors (Lipinski definition) is 3. The summed E-state index contributed by atoms with van der Waals surface area (Å²) in [6.07, 6.45) is 0. The van der Waals surface area contributed by atoms with Crippen LogP contribution >= 0.6 is 11.3 Å². The first-order chi connectivity index (χ1) is 7.16. The fraction of sp³-hybridized carbons (Fsp3) is 0.167. The molecule has 0 aliphatic rings. The highest BCUT2D eigenvalue weighted by molar-refractivity contribution is 7.12. The maximum Gasteiger partial charge on any atom is 0.203 e. The maximum atomic E-state index is 12.0. The average Bonchev–Trinajstić information content (AvgIpc) is 2.67. The number of rotatable bonds is 2. The Labute approximate surface area is 92.6 Å². The Kier molecular flexibility index (Phi) is 2.64. The van der Waals surface area contributed by atoms with Crippen molar-refractivity contribution < 1.29 is 4.79 Å². The third-order valence-electron chi connectivity index (χ3n) is 2.09. The van der Waals surface area contributed by atoms with E-state index >= 15 is 0 Å². The van der Waals surface area contributed by atoms with Gasteiger partial charge in [0.05, 0.1) is 4.88 Å². The normalized spacial score (nSPS) is 10.3. The molecular weight excluding hydrogens is 206 g/mol. The summed E-state index contributed by atoms with van der Waals surface area (Å²) in [6, 6.07) is 7.39. The zero-order valence-corrected chi connectivity index (χ0v) is 9.47. The molecule has 0 N–H and O–H groups in total. The van der Waals surface area contributed by atoms with E-state index in [1.165, 1.54) is 11.3 Å². The molecule has 0 saturated carbocycles. The van der Waals surface area contributed by atoms with E-state index in [1.807, 2.05) is 43.5 Å². The third-order valence-corrected chi connectivity index (χ3v) is 2.96. The van der Waals surface area contributed by atoms with Gasteiger partial charge in [0, 0.05) is 17.0 Å². The highest BCUT2D eigenvalue weighted by Crippen LogP contribution is 2.16. The number of hydrogen-bond donors (Lipinski definition) is 0. The van der Waals surface area contributed by atoms with Crippen LogP contribution in [0.15, 0.2) is 29.6 Å². The van der Waals surface area contributed by atoms with Crippen LogP contribution in [0, 0.1) is 13.8 Å². The van der Waals surface area contributed by atoms with E-state index in [0.29, 0.717) is 0 Å². The van der Waals surface area contributed by atoms with Crippen LogP contribution in [-0.4, -0.2) is 10.8 Å². The van der Waals surface area contributed by atoms with Gasteiger partial charge in [-0.2, -0.15) is 0 Å². The van der Waals surface area contributed by atoms with Crippen molar-refractivity contribution in [3.63, 3.8) is 0 Å². The quantitative estimate of drug-likeness (QED) is 0.724. The molecule has 2 rings (SSSR count). The number of carbonyl (C=O) groups excluding carboxylic acids is 1. The maximum absolute atomic E-state index is 12.0. The first-order valence-electron chi connectivity index (χ1n) is 4.70. The fourth-order valence-corrected chi connectivity index (χ4v) is 2.20. The number of nitrogens with zero attached hydrogens (tertiary/aromatic N) is 1. The number of aromatic nitrogens is 1. The minimum Gasteiger partial charge on any atom is -0.288 e. The van der Waals surface area contributed by atoms with Gasteiger partial charge in [0.2, 0.25) is 5.78 Å². The second-order valence-electron chi connectivity index (χ2n) is 3.45. The van der Waals surface area contributed by atoms with Gasteiger partial charge in [-0.25, -0.2) is 0 Å². The summed E-state index contributed by atoms with van der Waals surface area (Å²) in [7, 11) is 0. The molecule has 0 unspecified atom stereocenters. The van der Waals surface area contributed by atoms with E-state index in [-0.39, 0.29) is 5.78 Å². The zero-order chi connectivity index (χ0) is 10.8. The molecule has 76 valence electrons. The molecule has 2 heterocycles. The Morgan fingerprint density at radius 3 is 2.47 bits per heavy atom. The van der Waals surface area contributed by atoms with Gasteiger partial charge in [-0.3, -0.25) is 9.78 Å². The van der Waals surface area contributed by atoms with Crippen LogP contribution in [0.1, 0.15) is 26.6 Å². The van der Waals surface area contributed by atoms with Crippen LogP contribution in [0.25, 0.3) is 0 Å². The van der Waals surface area contributed by atoms with Crippen molar-refractivity contribution in [1.29, 1.82) is 0 Å².